The van der Waals surface area contributed by atoms with Crippen LogP contribution in [-0.4, -0.2) is 32.3 Å². The predicted octanol–water partition coefficient (Wildman–Crippen LogP) is 2.27. The van der Waals surface area contributed by atoms with Gasteiger partial charge in [0.15, 0.2) is 0 Å². The fraction of sp³-hybridized carbons (Fsp3) is 0.571. The zero-order valence-electron chi connectivity index (χ0n) is 11.0. The Balaban J connectivity index is 2.18. The van der Waals surface area contributed by atoms with E-state index in [0.717, 1.165) is 18.8 Å². The third kappa shape index (κ3) is 2.55. The minimum Gasteiger partial charge on any atom is -0.492 e. The highest BCUT2D eigenvalue weighted by atomic mass is 16.5. The molecular weight excluding hydrogens is 212 g/mol. The summed E-state index contributed by atoms with van der Waals surface area (Å²) in [5.74, 6) is 0.996. The van der Waals surface area contributed by atoms with Crippen molar-refractivity contribution in [2.75, 3.05) is 31.6 Å². The average Bonchev–Trinajstić information content (AvgIpc) is 2.74. The summed E-state index contributed by atoms with van der Waals surface area (Å²) in [4.78, 5) is 2.40. The second kappa shape index (κ2) is 4.96. The smallest absolute Gasteiger partial charge is 0.142 e. The Morgan fingerprint density at radius 1 is 1.41 bits per heavy atom. The van der Waals surface area contributed by atoms with E-state index in [9.17, 15) is 0 Å². The molecule has 0 spiro atoms. The first-order valence-electron chi connectivity index (χ1n) is 6.34. The van der Waals surface area contributed by atoms with Crippen LogP contribution in [0, 0.1) is 0 Å². The monoisotopic (exact) mass is 234 g/mol. The first-order valence-corrected chi connectivity index (χ1v) is 6.34. The third-order valence-corrected chi connectivity index (χ3v) is 3.58. The van der Waals surface area contributed by atoms with Gasteiger partial charge in [-0.05, 0) is 39.4 Å². The van der Waals surface area contributed by atoms with E-state index in [4.69, 9.17) is 4.74 Å². The maximum atomic E-state index is 5.69. The molecule has 0 radical (unpaired) electrons. The molecule has 1 fully saturated rings. The summed E-state index contributed by atoms with van der Waals surface area (Å²) in [5.41, 5.74) is 1.44. The van der Waals surface area contributed by atoms with Gasteiger partial charge in [-0.2, -0.15) is 0 Å². The Morgan fingerprint density at radius 2 is 2.18 bits per heavy atom. The van der Waals surface area contributed by atoms with Crippen molar-refractivity contribution >= 4 is 5.69 Å². The number of nitrogens with zero attached hydrogens (tertiary/aromatic N) is 1. The normalized spacial score (nSPS) is 24.1. The number of ether oxygens (including phenoxy) is 1. The lowest BCUT2D eigenvalue weighted by Crippen LogP contribution is -2.42. The molecular formula is C14H22N2O. The number of hydrogen-bond donors (Lipinski definition) is 1. The largest absolute Gasteiger partial charge is 0.492 e. The summed E-state index contributed by atoms with van der Waals surface area (Å²) in [7, 11) is 2.04. The van der Waals surface area contributed by atoms with E-state index in [-0.39, 0.29) is 5.54 Å². The summed E-state index contributed by atoms with van der Waals surface area (Å²) in [5, 5.41) is 3.41. The first-order chi connectivity index (χ1) is 8.18. The Morgan fingerprint density at radius 3 is 2.82 bits per heavy atom. The molecule has 1 atom stereocenters. The van der Waals surface area contributed by atoms with Crippen LogP contribution < -0.4 is 15.0 Å². The number of para-hydroxylation sites is 2. The van der Waals surface area contributed by atoms with Crippen LogP contribution in [0.1, 0.15) is 20.3 Å². The Hall–Kier alpha value is -1.22. The van der Waals surface area contributed by atoms with Crippen LogP contribution in [0.25, 0.3) is 0 Å². The molecule has 0 aromatic heterocycles. The molecule has 0 saturated carbocycles. The number of benzene rings is 1. The number of anilines is 1. The van der Waals surface area contributed by atoms with Gasteiger partial charge in [-0.3, -0.25) is 0 Å². The quantitative estimate of drug-likeness (QED) is 0.865. The van der Waals surface area contributed by atoms with Crippen molar-refractivity contribution in [3.05, 3.63) is 24.3 Å². The highest BCUT2D eigenvalue weighted by Gasteiger charge is 2.33. The van der Waals surface area contributed by atoms with Crippen LogP contribution in [0.5, 0.6) is 5.75 Å². The molecule has 1 aliphatic heterocycles. The predicted molar refractivity (Wildman–Crippen MR) is 71.9 cm³/mol. The maximum absolute atomic E-state index is 5.69. The molecule has 0 amide bonds. The number of likely N-dealkylation sites (N-methyl/N-ethyl adjacent to an activating group) is 1. The van der Waals surface area contributed by atoms with Crippen molar-refractivity contribution in [2.24, 2.45) is 0 Å². The molecule has 1 aromatic rings. The lowest BCUT2D eigenvalue weighted by atomic mass is 10.0. The summed E-state index contributed by atoms with van der Waals surface area (Å²) in [6, 6.07) is 8.30. The Bertz CT molecular complexity index is 380. The van der Waals surface area contributed by atoms with E-state index >= 15 is 0 Å². The minimum absolute atomic E-state index is 0.222. The lowest BCUT2D eigenvalue weighted by Gasteiger charge is -2.26. The van der Waals surface area contributed by atoms with Gasteiger partial charge in [-0.1, -0.05) is 12.1 Å². The molecule has 0 aliphatic carbocycles. The molecule has 17 heavy (non-hydrogen) atoms. The van der Waals surface area contributed by atoms with Gasteiger partial charge < -0.3 is 15.0 Å². The zero-order valence-corrected chi connectivity index (χ0v) is 11.0. The van der Waals surface area contributed by atoms with Gasteiger partial charge >= 0.3 is 0 Å². The van der Waals surface area contributed by atoms with Gasteiger partial charge in [0.1, 0.15) is 5.75 Å². The Labute approximate surface area is 104 Å². The molecule has 1 unspecified atom stereocenters. The van der Waals surface area contributed by atoms with Gasteiger partial charge in [0.05, 0.1) is 12.3 Å². The van der Waals surface area contributed by atoms with Crippen molar-refractivity contribution < 1.29 is 4.74 Å². The number of hydrogen-bond acceptors (Lipinski definition) is 3. The molecule has 1 aromatic carbocycles. The molecule has 1 aliphatic rings. The van der Waals surface area contributed by atoms with Gasteiger partial charge in [-0.25, -0.2) is 0 Å². The molecule has 1 heterocycles. The minimum atomic E-state index is 0.222. The highest BCUT2D eigenvalue weighted by molar-refractivity contribution is 5.59. The zero-order chi connectivity index (χ0) is 12.3. The van der Waals surface area contributed by atoms with Crippen LogP contribution in [-0.2, 0) is 0 Å². The van der Waals surface area contributed by atoms with Crippen LogP contribution in [0.15, 0.2) is 24.3 Å². The van der Waals surface area contributed by atoms with E-state index in [1.165, 1.54) is 12.1 Å². The fourth-order valence-corrected chi connectivity index (χ4v) is 2.37. The first kappa shape index (κ1) is 12.2. The SMILES string of the molecule is CCOc1ccccc1N1CCC(C)(NC)C1. The average molecular weight is 234 g/mol. The van der Waals surface area contributed by atoms with Crippen molar-refractivity contribution in [1.82, 2.24) is 5.32 Å². The van der Waals surface area contributed by atoms with Crippen molar-refractivity contribution in [3.8, 4) is 5.75 Å². The summed E-state index contributed by atoms with van der Waals surface area (Å²) in [6.07, 6.45) is 1.17. The standard InChI is InChI=1S/C14H22N2O/c1-4-17-13-8-6-5-7-12(13)16-10-9-14(2,11-16)15-3/h5-8,15H,4,9-11H2,1-3H3. The molecule has 3 nitrogen and oxygen atoms in total. The topological polar surface area (TPSA) is 24.5 Å². The van der Waals surface area contributed by atoms with Crippen molar-refractivity contribution in [1.29, 1.82) is 0 Å². The molecule has 1 saturated heterocycles. The van der Waals surface area contributed by atoms with Crippen LogP contribution >= 0.6 is 0 Å². The fourth-order valence-electron chi connectivity index (χ4n) is 2.37. The summed E-state index contributed by atoms with van der Waals surface area (Å²) < 4.78 is 5.69. The third-order valence-electron chi connectivity index (χ3n) is 3.58. The van der Waals surface area contributed by atoms with E-state index in [1.54, 1.807) is 0 Å². The van der Waals surface area contributed by atoms with E-state index in [0.29, 0.717) is 6.61 Å². The van der Waals surface area contributed by atoms with Crippen LogP contribution in [0.2, 0.25) is 0 Å². The summed E-state index contributed by atoms with van der Waals surface area (Å²) >= 11 is 0. The Kier molecular flexibility index (Phi) is 3.57. The van der Waals surface area contributed by atoms with Crippen molar-refractivity contribution in [2.45, 2.75) is 25.8 Å². The molecule has 94 valence electrons. The van der Waals surface area contributed by atoms with E-state index < -0.39 is 0 Å². The highest BCUT2D eigenvalue weighted by Crippen LogP contribution is 2.33. The van der Waals surface area contributed by atoms with Crippen molar-refractivity contribution in [3.63, 3.8) is 0 Å². The van der Waals surface area contributed by atoms with Gasteiger partial charge in [0, 0.05) is 18.6 Å². The second-order valence-corrected chi connectivity index (χ2v) is 4.88. The van der Waals surface area contributed by atoms with E-state index in [2.05, 4.69) is 29.3 Å². The number of nitrogens with one attached hydrogen (secondary N) is 1. The molecule has 1 N–H and O–H groups in total. The molecule has 0 bridgehead atoms. The van der Waals surface area contributed by atoms with E-state index in [1.807, 2.05) is 26.1 Å². The van der Waals surface area contributed by atoms with Crippen LogP contribution in [0.3, 0.4) is 0 Å². The molecule has 2 rings (SSSR count). The lowest BCUT2D eigenvalue weighted by molar-refractivity contribution is 0.340. The molecule has 3 heteroatoms. The van der Waals surface area contributed by atoms with Crippen LogP contribution in [0.4, 0.5) is 5.69 Å². The second-order valence-electron chi connectivity index (χ2n) is 4.88. The van der Waals surface area contributed by atoms with Gasteiger partial charge in [0.25, 0.3) is 0 Å². The summed E-state index contributed by atoms with van der Waals surface area (Å²) in [6.45, 7) is 7.14. The van der Waals surface area contributed by atoms with Gasteiger partial charge in [-0.15, -0.1) is 0 Å². The van der Waals surface area contributed by atoms with Gasteiger partial charge in [0.2, 0.25) is 0 Å². The number of rotatable bonds is 4. The maximum Gasteiger partial charge on any atom is 0.142 e.